The molecule has 1 saturated carbocycles. The molecule has 0 spiro atoms. The summed E-state index contributed by atoms with van der Waals surface area (Å²) >= 11 is 0. The first-order chi connectivity index (χ1) is 9.29. The highest BCUT2D eigenvalue weighted by Crippen LogP contribution is 2.34. The quantitative estimate of drug-likeness (QED) is 0.612. The summed E-state index contributed by atoms with van der Waals surface area (Å²) in [6.45, 7) is 2.26. The van der Waals surface area contributed by atoms with E-state index in [1.165, 1.54) is 56.9 Å². The van der Waals surface area contributed by atoms with Gasteiger partial charge in [-0.15, -0.1) is 0 Å². The van der Waals surface area contributed by atoms with Gasteiger partial charge in [-0.05, 0) is 42.4 Å². The van der Waals surface area contributed by atoms with Gasteiger partial charge in [-0.1, -0.05) is 64.0 Å². The second-order valence-corrected chi connectivity index (χ2v) is 6.13. The molecule has 1 aromatic carbocycles. The Morgan fingerprint density at radius 2 is 2.00 bits per heavy atom. The van der Waals surface area contributed by atoms with Gasteiger partial charge in [0, 0.05) is 0 Å². The molecule has 19 heavy (non-hydrogen) atoms. The smallest absolute Gasteiger partial charge is 0.123 e. The van der Waals surface area contributed by atoms with Gasteiger partial charge in [0.05, 0.1) is 0 Å². The minimum absolute atomic E-state index is 0.0876. The van der Waals surface area contributed by atoms with Crippen molar-refractivity contribution in [3.8, 4) is 0 Å². The monoisotopic (exact) mass is 262 g/mol. The molecule has 0 bridgehead atoms. The molecule has 1 aliphatic rings. The number of hydrogen-bond donors (Lipinski definition) is 0. The summed E-state index contributed by atoms with van der Waals surface area (Å²) in [4.78, 5) is 0. The van der Waals surface area contributed by atoms with Gasteiger partial charge in [-0.25, -0.2) is 4.39 Å². The van der Waals surface area contributed by atoms with Gasteiger partial charge < -0.3 is 0 Å². The van der Waals surface area contributed by atoms with Crippen LogP contribution >= 0.6 is 0 Å². The second-order valence-electron chi connectivity index (χ2n) is 6.13. The Bertz CT molecular complexity index is 366. The average molecular weight is 262 g/mol. The number of rotatable bonds is 6. The minimum atomic E-state index is -0.0876. The van der Waals surface area contributed by atoms with Crippen molar-refractivity contribution >= 4 is 0 Å². The van der Waals surface area contributed by atoms with Crippen LogP contribution in [0.1, 0.15) is 63.9 Å². The summed E-state index contributed by atoms with van der Waals surface area (Å²) in [6, 6.07) is 7.21. The molecule has 1 heteroatoms. The predicted molar refractivity (Wildman–Crippen MR) is 79.7 cm³/mol. The van der Waals surface area contributed by atoms with Gasteiger partial charge in [-0.2, -0.15) is 0 Å². The van der Waals surface area contributed by atoms with Crippen LogP contribution in [-0.2, 0) is 6.42 Å². The lowest BCUT2D eigenvalue weighted by atomic mass is 9.75. The van der Waals surface area contributed by atoms with E-state index in [0.717, 1.165) is 18.3 Å². The first-order valence-corrected chi connectivity index (χ1v) is 8.04. The molecular weight excluding hydrogens is 235 g/mol. The van der Waals surface area contributed by atoms with Crippen molar-refractivity contribution in [2.24, 2.45) is 11.8 Å². The molecule has 0 saturated heterocycles. The molecule has 1 aliphatic carbocycles. The Kier molecular flexibility index (Phi) is 5.88. The van der Waals surface area contributed by atoms with E-state index in [2.05, 4.69) is 13.0 Å². The summed E-state index contributed by atoms with van der Waals surface area (Å²) in [5.41, 5.74) is 1.19. The minimum Gasteiger partial charge on any atom is -0.207 e. The van der Waals surface area contributed by atoms with Crippen LogP contribution in [0.4, 0.5) is 4.39 Å². The van der Waals surface area contributed by atoms with Crippen LogP contribution in [0, 0.1) is 17.7 Å². The average Bonchev–Trinajstić information content (AvgIpc) is 2.44. The topological polar surface area (TPSA) is 0 Å². The third-order valence-corrected chi connectivity index (χ3v) is 4.63. The zero-order valence-electron chi connectivity index (χ0n) is 12.2. The molecule has 0 N–H and O–H groups in total. The van der Waals surface area contributed by atoms with Gasteiger partial charge in [0.25, 0.3) is 0 Å². The normalized spacial score (nSPS) is 18.4. The van der Waals surface area contributed by atoms with Crippen molar-refractivity contribution in [1.82, 2.24) is 0 Å². The van der Waals surface area contributed by atoms with Crippen molar-refractivity contribution < 1.29 is 4.39 Å². The van der Waals surface area contributed by atoms with Crippen molar-refractivity contribution in [2.75, 3.05) is 0 Å². The Balaban J connectivity index is 1.99. The maximum atomic E-state index is 13.3. The van der Waals surface area contributed by atoms with Crippen LogP contribution in [-0.4, -0.2) is 0 Å². The Morgan fingerprint density at radius 1 is 1.21 bits per heavy atom. The fraction of sp³-hybridized carbons (Fsp3) is 0.667. The zero-order valence-corrected chi connectivity index (χ0v) is 12.2. The molecule has 1 unspecified atom stereocenters. The molecule has 1 atom stereocenters. The maximum absolute atomic E-state index is 13.3. The lowest BCUT2D eigenvalue weighted by Crippen LogP contribution is -2.20. The molecule has 0 aromatic heterocycles. The third-order valence-electron chi connectivity index (χ3n) is 4.63. The second kappa shape index (κ2) is 7.67. The highest BCUT2D eigenvalue weighted by Gasteiger charge is 2.23. The van der Waals surface area contributed by atoms with Crippen LogP contribution in [0.5, 0.6) is 0 Å². The van der Waals surface area contributed by atoms with E-state index < -0.39 is 0 Å². The molecule has 0 nitrogen and oxygen atoms in total. The standard InChI is InChI=1S/C18H27F/c1-2-3-9-17(16-10-5-4-6-11-16)13-15-8-7-12-18(19)14-15/h7-8,12,14,16-17H,2-6,9-11,13H2,1H3. The van der Waals surface area contributed by atoms with Crippen LogP contribution in [0.25, 0.3) is 0 Å². The fourth-order valence-electron chi connectivity index (χ4n) is 3.54. The van der Waals surface area contributed by atoms with E-state index in [1.54, 1.807) is 12.1 Å². The lowest BCUT2D eigenvalue weighted by molar-refractivity contribution is 0.230. The van der Waals surface area contributed by atoms with Crippen LogP contribution in [0.2, 0.25) is 0 Å². The first kappa shape index (κ1) is 14.6. The van der Waals surface area contributed by atoms with Crippen molar-refractivity contribution in [3.63, 3.8) is 0 Å². The van der Waals surface area contributed by atoms with Crippen LogP contribution in [0.15, 0.2) is 24.3 Å². The number of hydrogen-bond acceptors (Lipinski definition) is 0. The Hall–Kier alpha value is -0.850. The number of benzene rings is 1. The SMILES string of the molecule is CCCCC(Cc1cccc(F)c1)C1CCCCC1. The maximum Gasteiger partial charge on any atom is 0.123 e. The molecule has 2 rings (SSSR count). The Labute approximate surface area is 117 Å². The fourth-order valence-corrected chi connectivity index (χ4v) is 3.54. The van der Waals surface area contributed by atoms with Crippen molar-refractivity contribution in [3.05, 3.63) is 35.6 Å². The summed E-state index contributed by atoms with van der Waals surface area (Å²) in [6.07, 6.45) is 12.0. The predicted octanol–water partition coefficient (Wildman–Crippen LogP) is 5.75. The van der Waals surface area contributed by atoms with Gasteiger partial charge in [0.2, 0.25) is 0 Å². The summed E-state index contributed by atoms with van der Waals surface area (Å²) in [5.74, 6) is 1.56. The molecule has 106 valence electrons. The molecule has 0 radical (unpaired) electrons. The lowest BCUT2D eigenvalue weighted by Gasteiger charge is -2.30. The highest BCUT2D eigenvalue weighted by atomic mass is 19.1. The first-order valence-electron chi connectivity index (χ1n) is 8.04. The van der Waals surface area contributed by atoms with E-state index in [4.69, 9.17) is 0 Å². The summed E-state index contributed by atoms with van der Waals surface area (Å²) in [5, 5.41) is 0. The van der Waals surface area contributed by atoms with Crippen molar-refractivity contribution in [2.45, 2.75) is 64.7 Å². The van der Waals surface area contributed by atoms with Gasteiger partial charge in [0.15, 0.2) is 0 Å². The van der Waals surface area contributed by atoms with Gasteiger partial charge in [0.1, 0.15) is 5.82 Å². The van der Waals surface area contributed by atoms with Crippen LogP contribution in [0.3, 0.4) is 0 Å². The van der Waals surface area contributed by atoms with Gasteiger partial charge in [-0.3, -0.25) is 0 Å². The molecular formula is C18H27F. The van der Waals surface area contributed by atoms with Crippen molar-refractivity contribution in [1.29, 1.82) is 0 Å². The van der Waals surface area contributed by atoms with Gasteiger partial charge >= 0.3 is 0 Å². The summed E-state index contributed by atoms with van der Waals surface area (Å²) < 4.78 is 13.3. The molecule has 0 amide bonds. The van der Waals surface area contributed by atoms with E-state index >= 15 is 0 Å². The van der Waals surface area contributed by atoms with Crippen LogP contribution < -0.4 is 0 Å². The zero-order chi connectivity index (χ0) is 13.5. The molecule has 1 aromatic rings. The molecule has 0 aliphatic heterocycles. The largest absolute Gasteiger partial charge is 0.207 e. The van der Waals surface area contributed by atoms with E-state index in [-0.39, 0.29) is 5.82 Å². The Morgan fingerprint density at radius 3 is 2.68 bits per heavy atom. The number of halogens is 1. The molecule has 0 heterocycles. The van der Waals surface area contributed by atoms with E-state index in [9.17, 15) is 4.39 Å². The highest BCUT2D eigenvalue weighted by molar-refractivity contribution is 5.17. The number of unbranched alkanes of at least 4 members (excludes halogenated alkanes) is 1. The third kappa shape index (κ3) is 4.63. The summed E-state index contributed by atoms with van der Waals surface area (Å²) in [7, 11) is 0. The van der Waals surface area contributed by atoms with E-state index in [0.29, 0.717) is 0 Å². The molecule has 1 fully saturated rings. The van der Waals surface area contributed by atoms with E-state index in [1.807, 2.05) is 6.07 Å².